The van der Waals surface area contributed by atoms with E-state index in [1.165, 1.54) is 45.1 Å². The molecule has 0 bridgehead atoms. The van der Waals surface area contributed by atoms with Gasteiger partial charge in [-0.1, -0.05) is 12.8 Å². The van der Waals surface area contributed by atoms with Gasteiger partial charge in [0.25, 0.3) is 0 Å². The minimum absolute atomic E-state index is 0.706. The molecule has 2 rings (SSSR count). The molecule has 0 radical (unpaired) electrons. The second-order valence-electron chi connectivity index (χ2n) is 5.17. The third-order valence-corrected chi connectivity index (χ3v) is 4.11. The Hall–Kier alpha value is -0.520. The molecule has 0 aromatic rings. The quantitative estimate of drug-likeness (QED) is 0.558. The molecule has 2 aliphatic rings. The number of nitrogens with one attached hydrogen (secondary N) is 2. The number of hydrogen-bond donors (Lipinski definition) is 2. The van der Waals surface area contributed by atoms with E-state index in [9.17, 15) is 0 Å². The first-order chi connectivity index (χ1) is 7.92. The molecule has 1 aliphatic heterocycles. The van der Waals surface area contributed by atoms with E-state index in [2.05, 4.69) is 16.6 Å². The van der Waals surface area contributed by atoms with Crippen LogP contribution in [0.4, 0.5) is 0 Å². The lowest BCUT2D eigenvalue weighted by atomic mass is 9.79. The van der Waals surface area contributed by atoms with Crippen LogP contribution in [0.2, 0.25) is 0 Å². The molecule has 16 heavy (non-hydrogen) atoms. The van der Waals surface area contributed by atoms with Gasteiger partial charge < -0.3 is 10.6 Å². The molecule has 2 N–H and O–H groups in total. The van der Waals surface area contributed by atoms with Gasteiger partial charge in [-0.15, -0.1) is 12.3 Å². The van der Waals surface area contributed by atoms with Crippen LogP contribution in [-0.4, -0.2) is 25.2 Å². The maximum Gasteiger partial charge on any atom is 0.0212 e. The van der Waals surface area contributed by atoms with Crippen molar-refractivity contribution >= 4 is 0 Å². The smallest absolute Gasteiger partial charge is 0.0212 e. The Morgan fingerprint density at radius 2 is 2.06 bits per heavy atom. The van der Waals surface area contributed by atoms with E-state index in [1.54, 1.807) is 0 Å². The van der Waals surface area contributed by atoms with Gasteiger partial charge in [-0.3, -0.25) is 0 Å². The van der Waals surface area contributed by atoms with E-state index < -0.39 is 0 Å². The zero-order valence-corrected chi connectivity index (χ0v) is 10.2. The predicted octanol–water partition coefficient (Wildman–Crippen LogP) is 1.91. The first-order valence-electron chi connectivity index (χ1n) is 6.82. The number of terminal acetylenes is 1. The molecular weight excluding hydrogens is 196 g/mol. The van der Waals surface area contributed by atoms with Gasteiger partial charge >= 0.3 is 0 Å². The lowest BCUT2D eigenvalue weighted by Gasteiger charge is -2.36. The topological polar surface area (TPSA) is 24.1 Å². The van der Waals surface area contributed by atoms with Crippen LogP contribution < -0.4 is 10.6 Å². The molecule has 1 saturated heterocycles. The summed E-state index contributed by atoms with van der Waals surface area (Å²) in [5, 5.41) is 7.33. The Labute approximate surface area is 99.6 Å². The average Bonchev–Trinajstić information content (AvgIpc) is 2.83. The first-order valence-corrected chi connectivity index (χ1v) is 6.82. The predicted molar refractivity (Wildman–Crippen MR) is 68.2 cm³/mol. The minimum atomic E-state index is 0.706. The SMILES string of the molecule is C#CCCNC1CCCCC1C1CCCN1. The van der Waals surface area contributed by atoms with Crippen LogP contribution in [0.1, 0.15) is 44.9 Å². The van der Waals surface area contributed by atoms with Crippen LogP contribution in [-0.2, 0) is 0 Å². The van der Waals surface area contributed by atoms with Crippen molar-refractivity contribution in [3.63, 3.8) is 0 Å². The highest BCUT2D eigenvalue weighted by Crippen LogP contribution is 2.30. The third kappa shape index (κ3) is 2.99. The van der Waals surface area contributed by atoms with Crippen molar-refractivity contribution in [3.05, 3.63) is 0 Å². The third-order valence-electron chi connectivity index (χ3n) is 4.11. The molecule has 1 saturated carbocycles. The van der Waals surface area contributed by atoms with Crippen molar-refractivity contribution in [1.29, 1.82) is 0 Å². The van der Waals surface area contributed by atoms with Crippen molar-refractivity contribution in [2.45, 2.75) is 57.0 Å². The highest BCUT2D eigenvalue weighted by molar-refractivity contribution is 4.92. The van der Waals surface area contributed by atoms with E-state index in [1.807, 2.05) is 0 Å². The molecule has 90 valence electrons. The average molecular weight is 220 g/mol. The molecule has 3 unspecified atom stereocenters. The van der Waals surface area contributed by atoms with Gasteiger partial charge in [0.2, 0.25) is 0 Å². The van der Waals surface area contributed by atoms with Crippen LogP contribution in [0.5, 0.6) is 0 Å². The summed E-state index contributed by atoms with van der Waals surface area (Å²) in [6, 6.07) is 1.47. The Morgan fingerprint density at radius 3 is 2.81 bits per heavy atom. The maximum absolute atomic E-state index is 5.30. The van der Waals surface area contributed by atoms with Crippen LogP contribution in [0.25, 0.3) is 0 Å². The van der Waals surface area contributed by atoms with Gasteiger partial charge in [0.05, 0.1) is 0 Å². The molecule has 2 nitrogen and oxygen atoms in total. The van der Waals surface area contributed by atoms with Gasteiger partial charge in [0.1, 0.15) is 0 Å². The Kier molecular flexibility index (Phi) is 4.69. The van der Waals surface area contributed by atoms with E-state index in [-0.39, 0.29) is 0 Å². The summed E-state index contributed by atoms with van der Waals surface area (Å²) in [4.78, 5) is 0. The highest BCUT2D eigenvalue weighted by atomic mass is 15.0. The molecule has 0 amide bonds. The zero-order chi connectivity index (χ0) is 11.2. The zero-order valence-electron chi connectivity index (χ0n) is 10.2. The van der Waals surface area contributed by atoms with Gasteiger partial charge in [-0.05, 0) is 38.1 Å². The van der Waals surface area contributed by atoms with Crippen LogP contribution in [0, 0.1) is 18.3 Å². The minimum Gasteiger partial charge on any atom is -0.314 e. The molecule has 0 aromatic heterocycles. The summed E-state index contributed by atoms with van der Waals surface area (Å²) in [6.07, 6.45) is 14.4. The fourth-order valence-corrected chi connectivity index (χ4v) is 3.30. The molecule has 1 aliphatic carbocycles. The second kappa shape index (κ2) is 6.27. The number of hydrogen-bond acceptors (Lipinski definition) is 2. The van der Waals surface area contributed by atoms with E-state index in [4.69, 9.17) is 6.42 Å². The Morgan fingerprint density at radius 1 is 1.19 bits per heavy atom. The molecule has 1 heterocycles. The fraction of sp³-hybridized carbons (Fsp3) is 0.857. The number of rotatable bonds is 4. The van der Waals surface area contributed by atoms with E-state index >= 15 is 0 Å². The standard InChI is InChI=1S/C14H24N2/c1-2-3-10-15-13-8-5-4-7-12(13)14-9-6-11-16-14/h1,12-16H,3-11H2. The molecule has 0 aromatic carbocycles. The summed E-state index contributed by atoms with van der Waals surface area (Å²) in [5.74, 6) is 3.56. The van der Waals surface area contributed by atoms with Crippen molar-refractivity contribution in [1.82, 2.24) is 10.6 Å². The second-order valence-corrected chi connectivity index (χ2v) is 5.17. The van der Waals surface area contributed by atoms with Crippen molar-refractivity contribution in [2.75, 3.05) is 13.1 Å². The largest absolute Gasteiger partial charge is 0.314 e. The summed E-state index contributed by atoms with van der Waals surface area (Å²) in [7, 11) is 0. The molecule has 0 spiro atoms. The first kappa shape index (κ1) is 12.0. The monoisotopic (exact) mass is 220 g/mol. The van der Waals surface area contributed by atoms with Gasteiger partial charge in [-0.2, -0.15) is 0 Å². The summed E-state index contributed by atoms with van der Waals surface area (Å²) in [5.41, 5.74) is 0. The Balaban J connectivity index is 1.83. The van der Waals surface area contributed by atoms with Crippen molar-refractivity contribution < 1.29 is 0 Å². The molecule has 2 fully saturated rings. The van der Waals surface area contributed by atoms with Crippen LogP contribution in [0.15, 0.2) is 0 Å². The fourth-order valence-electron chi connectivity index (χ4n) is 3.30. The lowest BCUT2D eigenvalue weighted by molar-refractivity contribution is 0.216. The summed E-state index contributed by atoms with van der Waals surface area (Å²) in [6.45, 7) is 2.21. The van der Waals surface area contributed by atoms with Gasteiger partial charge in [-0.25, -0.2) is 0 Å². The van der Waals surface area contributed by atoms with E-state index in [0.29, 0.717) is 6.04 Å². The normalized spacial score (nSPS) is 34.8. The van der Waals surface area contributed by atoms with Gasteiger partial charge in [0, 0.05) is 25.0 Å². The summed E-state index contributed by atoms with van der Waals surface area (Å²) >= 11 is 0. The van der Waals surface area contributed by atoms with E-state index in [0.717, 1.165) is 24.9 Å². The molecule has 2 heteroatoms. The van der Waals surface area contributed by atoms with Crippen LogP contribution >= 0.6 is 0 Å². The highest BCUT2D eigenvalue weighted by Gasteiger charge is 2.32. The molecular formula is C14H24N2. The summed E-state index contributed by atoms with van der Waals surface area (Å²) < 4.78 is 0. The van der Waals surface area contributed by atoms with Crippen molar-refractivity contribution in [2.24, 2.45) is 5.92 Å². The Bertz CT molecular complexity index is 238. The van der Waals surface area contributed by atoms with Crippen LogP contribution in [0.3, 0.4) is 0 Å². The van der Waals surface area contributed by atoms with Crippen molar-refractivity contribution in [3.8, 4) is 12.3 Å². The van der Waals surface area contributed by atoms with Gasteiger partial charge in [0.15, 0.2) is 0 Å². The maximum atomic E-state index is 5.30. The lowest BCUT2D eigenvalue weighted by Crippen LogP contribution is -2.47. The molecule has 3 atom stereocenters.